The molecule has 0 spiro atoms. The number of nitrogens with one attached hydrogen (secondary N) is 1. The summed E-state index contributed by atoms with van der Waals surface area (Å²) in [6.45, 7) is 0.383. The lowest BCUT2D eigenvalue weighted by Crippen LogP contribution is -2.18. The van der Waals surface area contributed by atoms with Gasteiger partial charge in [-0.3, -0.25) is 0 Å². The van der Waals surface area contributed by atoms with E-state index >= 15 is 0 Å². The third-order valence-corrected chi connectivity index (χ3v) is 3.22. The molecule has 0 aromatic heterocycles. The normalized spacial score (nSPS) is 19.1. The van der Waals surface area contributed by atoms with Gasteiger partial charge in [0.2, 0.25) is 0 Å². The van der Waals surface area contributed by atoms with Gasteiger partial charge in [-0.15, -0.1) is 12.4 Å². The first-order valence-corrected chi connectivity index (χ1v) is 5.63. The molecule has 1 N–H and O–H groups in total. The number of hydrogen-bond acceptors (Lipinski definition) is 2. The van der Waals surface area contributed by atoms with Gasteiger partial charge in [-0.25, -0.2) is 4.79 Å². The topological polar surface area (TPSA) is 38.3 Å². The van der Waals surface area contributed by atoms with Crippen molar-refractivity contribution in [1.29, 1.82) is 0 Å². The largest absolute Gasteiger partial charge is 0.447 e. The molecule has 0 aliphatic carbocycles. The summed E-state index contributed by atoms with van der Waals surface area (Å²) in [4.78, 5) is 10.9. The number of halogens is 3. The molecule has 0 radical (unpaired) electrons. The van der Waals surface area contributed by atoms with E-state index in [1.54, 1.807) is 0 Å². The fraction of sp³-hybridized carbons (Fsp3) is 0.222. The summed E-state index contributed by atoms with van der Waals surface area (Å²) >= 11 is 6.82. The number of benzene rings is 1. The van der Waals surface area contributed by atoms with Crippen molar-refractivity contribution in [1.82, 2.24) is 5.32 Å². The smallest absolute Gasteiger partial charge is 0.407 e. The van der Waals surface area contributed by atoms with E-state index in [1.807, 2.05) is 18.2 Å². The summed E-state index contributed by atoms with van der Waals surface area (Å²) in [6.07, 6.45) is -0.359. The molecule has 0 unspecified atom stereocenters. The molecule has 1 aliphatic rings. The summed E-state index contributed by atoms with van der Waals surface area (Å²) in [6, 6.07) is 5.77. The molecular weight excluding hydrogens is 349 g/mol. The van der Waals surface area contributed by atoms with E-state index in [4.69, 9.17) is 4.74 Å². The summed E-state index contributed by atoms with van der Waals surface area (Å²) in [5, 5.41) is 2.73. The highest BCUT2D eigenvalue weighted by Gasteiger charge is 2.25. The van der Waals surface area contributed by atoms with Crippen molar-refractivity contribution in [3.63, 3.8) is 0 Å². The number of ether oxygens (including phenoxy) is 1. The van der Waals surface area contributed by atoms with Gasteiger partial charge in [0.05, 0.1) is 6.04 Å². The van der Waals surface area contributed by atoms with Gasteiger partial charge in [-0.05, 0) is 23.8 Å². The zero-order valence-electron chi connectivity index (χ0n) is 7.50. The van der Waals surface area contributed by atoms with Gasteiger partial charge >= 0.3 is 6.09 Å². The maximum atomic E-state index is 10.9. The average Bonchev–Trinajstić information content (AvgIpc) is 2.56. The molecule has 2 rings (SSSR count). The monoisotopic (exact) mass is 355 g/mol. The van der Waals surface area contributed by atoms with Crippen molar-refractivity contribution in [2.45, 2.75) is 6.04 Å². The van der Waals surface area contributed by atoms with Crippen LogP contribution in [0.25, 0.3) is 0 Å². The molecule has 1 heterocycles. The number of carbonyl (C=O) groups is 1. The van der Waals surface area contributed by atoms with Crippen molar-refractivity contribution >= 4 is 50.4 Å². The molecule has 6 heteroatoms. The fourth-order valence-electron chi connectivity index (χ4n) is 1.33. The minimum absolute atomic E-state index is 0. The van der Waals surface area contributed by atoms with Crippen LogP contribution in [0.3, 0.4) is 0 Å². The Balaban J connectivity index is 0.00000112. The van der Waals surface area contributed by atoms with Crippen molar-refractivity contribution < 1.29 is 9.53 Å². The molecule has 3 nitrogen and oxygen atoms in total. The molecule has 0 bridgehead atoms. The van der Waals surface area contributed by atoms with Crippen LogP contribution >= 0.6 is 44.3 Å². The first-order valence-electron chi connectivity index (χ1n) is 4.05. The summed E-state index contributed by atoms with van der Waals surface area (Å²) in [7, 11) is 0. The molecule has 0 saturated carbocycles. The first kappa shape index (κ1) is 12.8. The van der Waals surface area contributed by atoms with E-state index < -0.39 is 0 Å². The lowest BCUT2D eigenvalue weighted by Gasteiger charge is -2.10. The molecule has 15 heavy (non-hydrogen) atoms. The zero-order chi connectivity index (χ0) is 10.1. The van der Waals surface area contributed by atoms with Crippen LogP contribution in [0, 0.1) is 0 Å². The Kier molecular flexibility index (Phi) is 4.43. The van der Waals surface area contributed by atoms with Gasteiger partial charge in [0.25, 0.3) is 0 Å². The Morgan fingerprint density at radius 2 is 2.13 bits per heavy atom. The lowest BCUT2D eigenvalue weighted by molar-refractivity contribution is 0.177. The summed E-state index contributed by atoms with van der Waals surface area (Å²) < 4.78 is 6.78. The van der Waals surface area contributed by atoms with Gasteiger partial charge in [0, 0.05) is 8.95 Å². The Morgan fingerprint density at radius 3 is 2.73 bits per heavy atom. The van der Waals surface area contributed by atoms with Crippen LogP contribution in [-0.2, 0) is 4.74 Å². The van der Waals surface area contributed by atoms with E-state index in [-0.39, 0.29) is 24.5 Å². The summed E-state index contributed by atoms with van der Waals surface area (Å²) in [5.41, 5.74) is 1.02. The van der Waals surface area contributed by atoms with Gasteiger partial charge in [0.1, 0.15) is 6.61 Å². The lowest BCUT2D eigenvalue weighted by atomic mass is 10.1. The Morgan fingerprint density at radius 1 is 1.40 bits per heavy atom. The van der Waals surface area contributed by atoms with Crippen molar-refractivity contribution in [2.75, 3.05) is 6.61 Å². The van der Waals surface area contributed by atoms with Crippen molar-refractivity contribution in [2.24, 2.45) is 0 Å². The second kappa shape index (κ2) is 5.18. The number of cyclic esters (lactones) is 1. The van der Waals surface area contributed by atoms with E-state index in [2.05, 4.69) is 37.2 Å². The number of carbonyl (C=O) groups excluding carboxylic acids is 1. The third-order valence-electron chi connectivity index (χ3n) is 2.01. The highest BCUT2D eigenvalue weighted by Crippen LogP contribution is 2.28. The van der Waals surface area contributed by atoms with E-state index in [1.165, 1.54) is 0 Å². The van der Waals surface area contributed by atoms with Crippen molar-refractivity contribution in [3.8, 4) is 0 Å². The Bertz CT molecular complexity index is 386. The number of hydrogen-bond donors (Lipinski definition) is 1. The molecule has 1 aliphatic heterocycles. The van der Waals surface area contributed by atoms with Crippen LogP contribution in [0.5, 0.6) is 0 Å². The molecule has 1 amide bonds. The SMILES string of the molecule is Cl.O=C1N[C@H](c2cc(Br)ccc2Br)CO1. The standard InChI is InChI=1S/C9H7Br2NO2.ClH/c10-5-1-2-7(11)6(3-5)8-4-14-9(13)12-8;/h1-3,8H,4H2,(H,12,13);1H/t8-;/m0./s1. The highest BCUT2D eigenvalue weighted by molar-refractivity contribution is 9.11. The first-order chi connectivity index (χ1) is 6.66. The predicted octanol–water partition coefficient (Wildman–Crippen LogP) is 3.41. The summed E-state index contributed by atoms with van der Waals surface area (Å²) in [5.74, 6) is 0. The second-order valence-electron chi connectivity index (χ2n) is 2.96. The zero-order valence-corrected chi connectivity index (χ0v) is 11.5. The van der Waals surface area contributed by atoms with E-state index in [0.717, 1.165) is 14.5 Å². The van der Waals surface area contributed by atoms with Crippen LogP contribution in [0.2, 0.25) is 0 Å². The molecule has 1 aromatic carbocycles. The van der Waals surface area contributed by atoms with Gasteiger partial charge in [-0.2, -0.15) is 0 Å². The molecule has 1 aromatic rings. The number of alkyl carbamates (subject to hydrolysis) is 1. The number of amides is 1. The average molecular weight is 357 g/mol. The molecule has 82 valence electrons. The van der Waals surface area contributed by atoms with Crippen LogP contribution in [0.1, 0.15) is 11.6 Å². The minimum atomic E-state index is -0.359. The predicted molar refractivity (Wildman–Crippen MR) is 66.3 cm³/mol. The van der Waals surface area contributed by atoms with Gasteiger partial charge in [0.15, 0.2) is 0 Å². The van der Waals surface area contributed by atoms with Gasteiger partial charge in [-0.1, -0.05) is 31.9 Å². The molecule has 1 saturated heterocycles. The fourth-order valence-corrected chi connectivity index (χ4v) is 2.24. The van der Waals surface area contributed by atoms with Crippen LogP contribution < -0.4 is 5.32 Å². The van der Waals surface area contributed by atoms with E-state index in [0.29, 0.717) is 6.61 Å². The van der Waals surface area contributed by atoms with E-state index in [9.17, 15) is 4.79 Å². The Labute approximate surface area is 110 Å². The highest BCUT2D eigenvalue weighted by atomic mass is 79.9. The van der Waals surface area contributed by atoms with Crippen LogP contribution in [0.15, 0.2) is 27.1 Å². The third kappa shape index (κ3) is 2.86. The van der Waals surface area contributed by atoms with Crippen molar-refractivity contribution in [3.05, 3.63) is 32.7 Å². The maximum absolute atomic E-state index is 10.9. The van der Waals surface area contributed by atoms with Gasteiger partial charge < -0.3 is 10.1 Å². The minimum Gasteiger partial charge on any atom is -0.447 e. The number of rotatable bonds is 1. The van der Waals surface area contributed by atoms with Crippen LogP contribution in [0.4, 0.5) is 4.79 Å². The van der Waals surface area contributed by atoms with Crippen LogP contribution in [-0.4, -0.2) is 12.7 Å². The quantitative estimate of drug-likeness (QED) is 0.836. The second-order valence-corrected chi connectivity index (χ2v) is 4.73. The maximum Gasteiger partial charge on any atom is 0.407 e. The molecule has 1 fully saturated rings. The molecular formula is C9H8Br2ClNO2. The molecule has 1 atom stereocenters. The Hall–Kier alpha value is -0.260.